The third kappa shape index (κ3) is 7.51. The number of methoxy groups -OCH3 is 1. The molecule has 1 atom stereocenters. The number of hydrogen-bond donors (Lipinski definition) is 4. The molecular weight excluding hydrogens is 500 g/mol. The Kier molecular flexibility index (Phi) is 10.1. The highest BCUT2D eigenvalue weighted by Gasteiger charge is 2.22. The molecule has 0 aromatic heterocycles. The van der Waals surface area contributed by atoms with Gasteiger partial charge in [-0.3, -0.25) is 10.2 Å². The van der Waals surface area contributed by atoms with E-state index in [1.807, 2.05) is 78.9 Å². The largest absolute Gasteiger partial charge is 0.493 e. The summed E-state index contributed by atoms with van der Waals surface area (Å²) in [5, 5.41) is 13.9. The predicted molar refractivity (Wildman–Crippen MR) is 153 cm³/mol. The third-order valence-corrected chi connectivity index (χ3v) is 5.84. The molecule has 1 amide bonds. The van der Waals surface area contributed by atoms with Crippen molar-refractivity contribution in [1.29, 1.82) is 5.41 Å². The van der Waals surface area contributed by atoms with E-state index in [0.717, 1.165) is 11.1 Å². The number of halogens is 1. The molecule has 4 rings (SSSR count). The van der Waals surface area contributed by atoms with E-state index in [2.05, 4.69) is 10.6 Å². The van der Waals surface area contributed by atoms with Crippen LogP contribution in [0.1, 0.15) is 28.3 Å². The summed E-state index contributed by atoms with van der Waals surface area (Å²) in [6.07, 6.45) is 0. The normalized spacial score (nSPS) is 11.0. The van der Waals surface area contributed by atoms with Crippen LogP contribution < -0.4 is 25.8 Å². The number of nitrogen functional groups attached to an aromatic ring is 1. The van der Waals surface area contributed by atoms with E-state index in [4.69, 9.17) is 20.6 Å². The molecule has 0 saturated carbocycles. The quantitative estimate of drug-likeness (QED) is 0.152. The van der Waals surface area contributed by atoms with Crippen LogP contribution in [0.15, 0.2) is 103 Å². The SMILES string of the molecule is COc1cc([C@H](Nc2ccc(C(=N)N)cc2)C(=O)NCc2ccccc2)ccc1OCc1ccccc1.Cl. The number of anilines is 1. The fourth-order valence-electron chi connectivity index (χ4n) is 3.82. The molecule has 0 aliphatic carbocycles. The number of ether oxygens (including phenoxy) is 2. The highest BCUT2D eigenvalue weighted by Crippen LogP contribution is 2.32. The molecule has 4 aromatic rings. The van der Waals surface area contributed by atoms with Gasteiger partial charge in [-0.15, -0.1) is 12.4 Å². The molecule has 0 heterocycles. The summed E-state index contributed by atoms with van der Waals surface area (Å²) in [5.74, 6) is 0.909. The Balaban J connectivity index is 0.00000400. The molecule has 196 valence electrons. The van der Waals surface area contributed by atoms with Crippen LogP contribution in [0.3, 0.4) is 0 Å². The maximum atomic E-state index is 13.4. The Morgan fingerprint density at radius 3 is 2.11 bits per heavy atom. The maximum absolute atomic E-state index is 13.4. The molecule has 0 spiro atoms. The second-order valence-corrected chi connectivity index (χ2v) is 8.46. The van der Waals surface area contributed by atoms with Crippen LogP contribution >= 0.6 is 12.4 Å². The lowest BCUT2D eigenvalue weighted by atomic mass is 10.0. The van der Waals surface area contributed by atoms with Gasteiger partial charge in [-0.2, -0.15) is 0 Å². The van der Waals surface area contributed by atoms with E-state index in [9.17, 15) is 4.79 Å². The number of nitrogens with two attached hydrogens (primary N) is 1. The van der Waals surface area contributed by atoms with Crippen molar-refractivity contribution in [2.75, 3.05) is 12.4 Å². The van der Waals surface area contributed by atoms with Crippen molar-refractivity contribution < 1.29 is 14.3 Å². The lowest BCUT2D eigenvalue weighted by Crippen LogP contribution is -2.33. The first-order valence-corrected chi connectivity index (χ1v) is 11.9. The fourth-order valence-corrected chi connectivity index (χ4v) is 3.82. The molecule has 0 aliphatic heterocycles. The molecule has 8 heteroatoms. The summed E-state index contributed by atoms with van der Waals surface area (Å²) in [7, 11) is 1.58. The number of amides is 1. The summed E-state index contributed by atoms with van der Waals surface area (Å²) >= 11 is 0. The van der Waals surface area contributed by atoms with Crippen LogP contribution in [-0.4, -0.2) is 18.9 Å². The first kappa shape index (κ1) is 28.1. The monoisotopic (exact) mass is 530 g/mol. The Labute approximate surface area is 228 Å². The number of carbonyl (C=O) groups excluding carboxylic acids is 1. The van der Waals surface area contributed by atoms with E-state index in [1.165, 1.54) is 0 Å². The van der Waals surface area contributed by atoms with Crippen LogP contribution in [0.25, 0.3) is 0 Å². The van der Waals surface area contributed by atoms with Crippen LogP contribution in [0.5, 0.6) is 11.5 Å². The molecule has 0 bridgehead atoms. The molecule has 7 nitrogen and oxygen atoms in total. The Bertz CT molecular complexity index is 1330. The average Bonchev–Trinajstić information content (AvgIpc) is 2.95. The Morgan fingerprint density at radius 2 is 1.50 bits per heavy atom. The van der Waals surface area contributed by atoms with Gasteiger partial charge >= 0.3 is 0 Å². The number of benzene rings is 4. The van der Waals surface area contributed by atoms with Crippen LogP contribution in [0.2, 0.25) is 0 Å². The van der Waals surface area contributed by atoms with Crippen molar-refractivity contribution in [2.24, 2.45) is 5.73 Å². The average molecular weight is 531 g/mol. The zero-order valence-electron chi connectivity index (χ0n) is 21.0. The van der Waals surface area contributed by atoms with Gasteiger partial charge in [-0.05, 0) is 53.1 Å². The first-order valence-electron chi connectivity index (χ1n) is 11.9. The summed E-state index contributed by atoms with van der Waals surface area (Å²) in [6, 6.07) is 31.5. The van der Waals surface area contributed by atoms with Crippen molar-refractivity contribution in [1.82, 2.24) is 5.32 Å². The Hall–Kier alpha value is -4.49. The molecule has 0 radical (unpaired) electrons. The molecule has 0 fully saturated rings. The topological polar surface area (TPSA) is 109 Å². The lowest BCUT2D eigenvalue weighted by molar-refractivity contribution is -0.122. The van der Waals surface area contributed by atoms with Gasteiger partial charge in [-0.25, -0.2) is 0 Å². The third-order valence-electron chi connectivity index (χ3n) is 5.84. The van der Waals surface area contributed by atoms with Gasteiger partial charge in [0.25, 0.3) is 0 Å². The fraction of sp³-hybridized carbons (Fsp3) is 0.133. The maximum Gasteiger partial charge on any atom is 0.247 e. The van der Waals surface area contributed by atoms with Crippen molar-refractivity contribution >= 4 is 29.8 Å². The van der Waals surface area contributed by atoms with E-state index in [1.54, 1.807) is 31.4 Å². The molecule has 0 unspecified atom stereocenters. The first-order chi connectivity index (χ1) is 18.0. The standard InChI is InChI=1S/C30H30N4O3.ClH/c1-36-27-18-24(14-17-26(27)37-20-22-10-6-3-7-11-22)28(30(35)33-19-21-8-4-2-5-9-21)34-25-15-12-23(13-16-25)29(31)32;/h2-18,28,34H,19-20H2,1H3,(H3,31,32)(H,33,35);1H/t28-;/m0./s1. The molecule has 0 saturated heterocycles. The predicted octanol–water partition coefficient (Wildman–Crippen LogP) is 5.45. The van der Waals surface area contributed by atoms with Crippen LogP contribution in [0.4, 0.5) is 5.69 Å². The molecule has 4 aromatic carbocycles. The smallest absolute Gasteiger partial charge is 0.247 e. The summed E-state index contributed by atoms with van der Waals surface area (Å²) in [5.41, 5.74) is 9.66. The number of rotatable bonds is 11. The summed E-state index contributed by atoms with van der Waals surface area (Å²) in [6.45, 7) is 0.800. The summed E-state index contributed by atoms with van der Waals surface area (Å²) in [4.78, 5) is 13.4. The number of nitrogens with one attached hydrogen (secondary N) is 3. The minimum absolute atomic E-state index is 0. The molecule has 5 N–H and O–H groups in total. The minimum atomic E-state index is -0.705. The van der Waals surface area contributed by atoms with E-state index >= 15 is 0 Å². The van der Waals surface area contributed by atoms with Crippen LogP contribution in [-0.2, 0) is 17.9 Å². The van der Waals surface area contributed by atoms with Gasteiger partial charge in [0.2, 0.25) is 5.91 Å². The van der Waals surface area contributed by atoms with Crippen molar-refractivity contribution in [3.63, 3.8) is 0 Å². The number of hydrogen-bond acceptors (Lipinski definition) is 5. The second-order valence-electron chi connectivity index (χ2n) is 8.46. The second kappa shape index (κ2) is 13.7. The number of carbonyl (C=O) groups is 1. The van der Waals surface area contributed by atoms with Crippen LogP contribution in [0, 0.1) is 5.41 Å². The lowest BCUT2D eigenvalue weighted by Gasteiger charge is -2.22. The highest BCUT2D eigenvalue weighted by molar-refractivity contribution is 5.95. The molecule has 0 aliphatic rings. The van der Waals surface area contributed by atoms with Gasteiger partial charge in [0.05, 0.1) is 7.11 Å². The van der Waals surface area contributed by atoms with Gasteiger partial charge < -0.3 is 25.8 Å². The molecular formula is C30H31ClN4O3. The van der Waals surface area contributed by atoms with E-state index < -0.39 is 6.04 Å². The van der Waals surface area contributed by atoms with Crippen molar-refractivity contribution in [3.05, 3.63) is 125 Å². The zero-order valence-corrected chi connectivity index (χ0v) is 21.8. The van der Waals surface area contributed by atoms with Gasteiger partial charge in [0.15, 0.2) is 11.5 Å². The minimum Gasteiger partial charge on any atom is -0.493 e. The zero-order chi connectivity index (χ0) is 26.0. The number of amidine groups is 1. The van der Waals surface area contributed by atoms with Crippen molar-refractivity contribution in [3.8, 4) is 11.5 Å². The summed E-state index contributed by atoms with van der Waals surface area (Å²) < 4.78 is 11.6. The van der Waals surface area contributed by atoms with Gasteiger partial charge in [0.1, 0.15) is 18.5 Å². The molecule has 38 heavy (non-hydrogen) atoms. The van der Waals surface area contributed by atoms with E-state index in [-0.39, 0.29) is 24.1 Å². The van der Waals surface area contributed by atoms with Crippen molar-refractivity contribution in [2.45, 2.75) is 19.2 Å². The van der Waals surface area contributed by atoms with E-state index in [0.29, 0.717) is 41.5 Å². The highest BCUT2D eigenvalue weighted by atomic mass is 35.5. The Morgan fingerprint density at radius 1 is 0.868 bits per heavy atom. The van der Waals surface area contributed by atoms with Gasteiger partial charge in [-0.1, -0.05) is 66.7 Å². The van der Waals surface area contributed by atoms with Gasteiger partial charge in [0, 0.05) is 17.8 Å².